The van der Waals surface area contributed by atoms with Gasteiger partial charge in [0.1, 0.15) is 5.69 Å². The van der Waals surface area contributed by atoms with Gasteiger partial charge in [-0.1, -0.05) is 48.5 Å². The summed E-state index contributed by atoms with van der Waals surface area (Å²) in [5.41, 5.74) is 3.49. The molecule has 0 aliphatic rings. The molecular formula is C21H21N3O. The quantitative estimate of drug-likeness (QED) is 0.709. The number of pyridine rings is 1. The number of rotatable bonds is 5. The van der Waals surface area contributed by atoms with Crippen molar-refractivity contribution in [3.05, 3.63) is 90.3 Å². The average Bonchev–Trinajstić information content (AvgIpc) is 2.68. The summed E-state index contributed by atoms with van der Waals surface area (Å²) in [6, 6.07) is 23.5. The first-order valence-corrected chi connectivity index (χ1v) is 8.19. The monoisotopic (exact) mass is 331 g/mol. The van der Waals surface area contributed by atoms with Crippen molar-refractivity contribution < 1.29 is 4.79 Å². The third kappa shape index (κ3) is 4.04. The Morgan fingerprint density at radius 2 is 1.48 bits per heavy atom. The summed E-state index contributed by atoms with van der Waals surface area (Å²) in [7, 11) is 3.77. The topological polar surface area (TPSA) is 36.4 Å². The van der Waals surface area contributed by atoms with Crippen molar-refractivity contribution in [3.8, 4) is 0 Å². The second-order valence-electron chi connectivity index (χ2n) is 5.94. The first kappa shape index (κ1) is 16.7. The van der Waals surface area contributed by atoms with Gasteiger partial charge in [-0.2, -0.15) is 0 Å². The Labute approximate surface area is 148 Å². The maximum absolute atomic E-state index is 12.6. The number of benzene rings is 2. The second-order valence-corrected chi connectivity index (χ2v) is 5.94. The lowest BCUT2D eigenvalue weighted by Gasteiger charge is -2.20. The van der Waals surface area contributed by atoms with E-state index in [1.54, 1.807) is 24.2 Å². The van der Waals surface area contributed by atoms with Gasteiger partial charge in [0.2, 0.25) is 0 Å². The summed E-state index contributed by atoms with van der Waals surface area (Å²) < 4.78 is 0. The largest absolute Gasteiger partial charge is 0.369 e. The number of para-hydroxylation sites is 1. The van der Waals surface area contributed by atoms with E-state index in [0.29, 0.717) is 5.69 Å². The fourth-order valence-electron chi connectivity index (χ4n) is 2.63. The van der Waals surface area contributed by atoms with Gasteiger partial charge < -0.3 is 9.80 Å². The van der Waals surface area contributed by atoms with E-state index in [9.17, 15) is 4.79 Å². The minimum atomic E-state index is -0.122. The van der Waals surface area contributed by atoms with E-state index in [1.165, 1.54) is 5.56 Å². The van der Waals surface area contributed by atoms with Crippen molar-refractivity contribution in [2.45, 2.75) is 6.54 Å². The number of anilines is 2. The molecular weight excluding hydrogens is 310 g/mol. The third-order valence-electron chi connectivity index (χ3n) is 4.12. The number of carbonyl (C=O) groups is 1. The molecule has 126 valence electrons. The van der Waals surface area contributed by atoms with Gasteiger partial charge >= 0.3 is 0 Å². The maximum atomic E-state index is 12.6. The van der Waals surface area contributed by atoms with Crippen LogP contribution in [0.25, 0.3) is 0 Å². The normalized spacial score (nSPS) is 10.3. The van der Waals surface area contributed by atoms with Crippen LogP contribution < -0.4 is 9.80 Å². The van der Waals surface area contributed by atoms with Crippen molar-refractivity contribution in [1.29, 1.82) is 0 Å². The fraction of sp³-hybridized carbons (Fsp3) is 0.143. The molecule has 0 aliphatic heterocycles. The van der Waals surface area contributed by atoms with Gasteiger partial charge in [0, 0.05) is 26.3 Å². The van der Waals surface area contributed by atoms with Gasteiger partial charge in [-0.15, -0.1) is 0 Å². The summed E-state index contributed by atoms with van der Waals surface area (Å²) in [5, 5.41) is 0. The Bertz CT molecular complexity index is 817. The van der Waals surface area contributed by atoms with Crippen LogP contribution >= 0.6 is 0 Å². The van der Waals surface area contributed by atoms with Crippen LogP contribution in [0.2, 0.25) is 0 Å². The Balaban J connectivity index is 1.70. The van der Waals surface area contributed by atoms with E-state index in [0.717, 1.165) is 17.9 Å². The highest BCUT2D eigenvalue weighted by atomic mass is 16.2. The van der Waals surface area contributed by atoms with Crippen LogP contribution in [0.5, 0.6) is 0 Å². The van der Waals surface area contributed by atoms with Gasteiger partial charge in [0.25, 0.3) is 5.91 Å². The minimum Gasteiger partial charge on any atom is -0.369 e. The SMILES string of the molecule is CN(Cc1ccccc1)c1ccc(C(=O)N(C)c2ccccc2)nc1. The van der Waals surface area contributed by atoms with Crippen LogP contribution in [0.3, 0.4) is 0 Å². The van der Waals surface area contributed by atoms with Gasteiger partial charge in [-0.3, -0.25) is 4.79 Å². The predicted molar refractivity (Wildman–Crippen MR) is 102 cm³/mol. The smallest absolute Gasteiger partial charge is 0.276 e. The molecule has 0 spiro atoms. The number of hydrogen-bond donors (Lipinski definition) is 0. The molecule has 3 aromatic rings. The number of carbonyl (C=O) groups excluding carboxylic acids is 1. The molecule has 1 aromatic heterocycles. The van der Waals surface area contributed by atoms with Crippen LogP contribution in [-0.2, 0) is 6.54 Å². The lowest BCUT2D eigenvalue weighted by atomic mass is 10.2. The van der Waals surface area contributed by atoms with Crippen molar-refractivity contribution in [3.63, 3.8) is 0 Å². The van der Waals surface area contributed by atoms with Crippen molar-refractivity contribution in [2.24, 2.45) is 0 Å². The molecule has 3 rings (SSSR count). The molecule has 0 fully saturated rings. The molecule has 0 atom stereocenters. The molecule has 0 radical (unpaired) electrons. The Hall–Kier alpha value is -3.14. The molecule has 1 heterocycles. The lowest BCUT2D eigenvalue weighted by Crippen LogP contribution is -2.27. The number of aromatic nitrogens is 1. The summed E-state index contributed by atoms with van der Waals surface area (Å²) in [6.07, 6.45) is 1.75. The van der Waals surface area contributed by atoms with Gasteiger partial charge in [-0.25, -0.2) is 4.98 Å². The highest BCUT2D eigenvalue weighted by molar-refractivity contribution is 6.04. The van der Waals surface area contributed by atoms with Gasteiger partial charge in [-0.05, 0) is 29.8 Å². The van der Waals surface area contributed by atoms with E-state index >= 15 is 0 Å². The first-order valence-electron chi connectivity index (χ1n) is 8.19. The third-order valence-corrected chi connectivity index (χ3v) is 4.12. The van der Waals surface area contributed by atoms with Crippen molar-refractivity contribution >= 4 is 17.3 Å². The van der Waals surface area contributed by atoms with E-state index in [2.05, 4.69) is 22.0 Å². The maximum Gasteiger partial charge on any atom is 0.276 e. The van der Waals surface area contributed by atoms with Gasteiger partial charge in [0.15, 0.2) is 0 Å². The summed E-state index contributed by atoms with van der Waals surface area (Å²) in [5.74, 6) is -0.122. The molecule has 0 saturated heterocycles. The molecule has 4 nitrogen and oxygen atoms in total. The van der Waals surface area contributed by atoms with Crippen LogP contribution in [-0.4, -0.2) is 25.0 Å². The lowest BCUT2D eigenvalue weighted by molar-refractivity contribution is 0.0988. The second kappa shape index (κ2) is 7.62. The van der Waals surface area contributed by atoms with Crippen molar-refractivity contribution in [1.82, 2.24) is 4.98 Å². The van der Waals surface area contributed by atoms with E-state index in [4.69, 9.17) is 0 Å². The van der Waals surface area contributed by atoms with Gasteiger partial charge in [0.05, 0.1) is 11.9 Å². The molecule has 2 aromatic carbocycles. The standard InChI is InChI=1S/C21H21N3O/c1-23(16-17-9-5-3-6-10-17)19-13-14-20(22-15-19)21(25)24(2)18-11-7-4-8-12-18/h3-15H,16H2,1-2H3. The minimum absolute atomic E-state index is 0.122. The number of amides is 1. The number of nitrogens with zero attached hydrogens (tertiary/aromatic N) is 3. The Morgan fingerprint density at radius 1 is 0.840 bits per heavy atom. The van der Waals surface area contributed by atoms with Crippen LogP contribution in [0.4, 0.5) is 11.4 Å². The van der Waals surface area contributed by atoms with Crippen LogP contribution in [0.1, 0.15) is 16.1 Å². The zero-order chi connectivity index (χ0) is 17.6. The first-order chi connectivity index (χ1) is 12.1. The number of hydrogen-bond acceptors (Lipinski definition) is 3. The van der Waals surface area contributed by atoms with E-state index in [-0.39, 0.29) is 5.91 Å². The zero-order valence-corrected chi connectivity index (χ0v) is 14.5. The molecule has 0 N–H and O–H groups in total. The molecule has 1 amide bonds. The average molecular weight is 331 g/mol. The summed E-state index contributed by atoms with van der Waals surface area (Å²) in [4.78, 5) is 20.6. The fourth-order valence-corrected chi connectivity index (χ4v) is 2.63. The highest BCUT2D eigenvalue weighted by Gasteiger charge is 2.15. The molecule has 25 heavy (non-hydrogen) atoms. The van der Waals surface area contributed by atoms with Crippen LogP contribution in [0.15, 0.2) is 79.0 Å². The highest BCUT2D eigenvalue weighted by Crippen LogP contribution is 2.17. The van der Waals surface area contributed by atoms with Crippen molar-refractivity contribution in [2.75, 3.05) is 23.9 Å². The summed E-state index contributed by atoms with van der Waals surface area (Å²) >= 11 is 0. The van der Waals surface area contributed by atoms with Crippen LogP contribution in [0, 0.1) is 0 Å². The predicted octanol–water partition coefficient (Wildman–Crippen LogP) is 3.99. The Kier molecular flexibility index (Phi) is 5.09. The molecule has 0 bridgehead atoms. The van der Waals surface area contributed by atoms with E-state index < -0.39 is 0 Å². The van der Waals surface area contributed by atoms with E-state index in [1.807, 2.05) is 61.6 Å². The molecule has 0 unspecified atom stereocenters. The molecule has 4 heteroatoms. The zero-order valence-electron chi connectivity index (χ0n) is 14.5. The Morgan fingerprint density at radius 3 is 2.08 bits per heavy atom. The molecule has 0 aliphatic carbocycles. The molecule has 0 saturated carbocycles. The summed E-state index contributed by atoms with van der Waals surface area (Å²) in [6.45, 7) is 0.791.